The summed E-state index contributed by atoms with van der Waals surface area (Å²) in [6, 6.07) is 18.2. The summed E-state index contributed by atoms with van der Waals surface area (Å²) in [7, 11) is 2.72. The highest BCUT2D eigenvalue weighted by molar-refractivity contribution is 9.10. The van der Waals surface area contributed by atoms with Gasteiger partial charge in [-0.3, -0.25) is 9.69 Å². The van der Waals surface area contributed by atoms with E-state index in [1.807, 2.05) is 49.4 Å². The monoisotopic (exact) mass is 663 g/mol. The van der Waals surface area contributed by atoms with E-state index in [0.29, 0.717) is 25.5 Å². The third-order valence-corrected chi connectivity index (χ3v) is 9.05. The van der Waals surface area contributed by atoms with E-state index in [-0.39, 0.29) is 17.4 Å². The summed E-state index contributed by atoms with van der Waals surface area (Å²) in [6.07, 6.45) is 4.36. The quantitative estimate of drug-likeness (QED) is 0.225. The highest BCUT2D eigenvalue weighted by Gasteiger charge is 2.42. The molecule has 1 aromatic heterocycles. The molecule has 1 atom stereocenters. The smallest absolute Gasteiger partial charge is 0.238 e. The van der Waals surface area contributed by atoms with Gasteiger partial charge in [-0.2, -0.15) is 5.26 Å². The van der Waals surface area contributed by atoms with Gasteiger partial charge >= 0.3 is 0 Å². The van der Waals surface area contributed by atoms with E-state index in [9.17, 15) is 4.79 Å². The second-order valence-corrected chi connectivity index (χ2v) is 13.3. The summed E-state index contributed by atoms with van der Waals surface area (Å²) in [5.74, 6) is 1.38. The number of ether oxygens (including phenoxy) is 2. The maximum atomic E-state index is 13.1. The molecule has 1 amide bonds. The highest BCUT2D eigenvalue weighted by atomic mass is 79.9. The van der Waals surface area contributed by atoms with Gasteiger partial charge in [0.15, 0.2) is 0 Å². The number of aryl methyl sites for hydroxylation is 2. The minimum Gasteiger partial charge on any atom is -0.487 e. The van der Waals surface area contributed by atoms with Crippen LogP contribution in [0, 0.1) is 30.6 Å². The Hall–Kier alpha value is -3.18. The van der Waals surface area contributed by atoms with Gasteiger partial charge in [-0.25, -0.2) is 4.98 Å². The van der Waals surface area contributed by atoms with Crippen LogP contribution in [0.1, 0.15) is 48.9 Å². The van der Waals surface area contributed by atoms with Gasteiger partial charge in [-0.15, -0.1) is 9.24 Å². The number of nitrogens with one attached hydrogen (secondary N) is 2. The zero-order valence-electron chi connectivity index (χ0n) is 24.8. The maximum absolute atomic E-state index is 13.1. The summed E-state index contributed by atoms with van der Waals surface area (Å²) in [5.41, 5.74) is 4.72. The molecule has 1 unspecified atom stereocenters. The van der Waals surface area contributed by atoms with Gasteiger partial charge in [0.2, 0.25) is 11.8 Å². The molecule has 43 heavy (non-hydrogen) atoms. The van der Waals surface area contributed by atoms with Crippen molar-refractivity contribution in [1.82, 2.24) is 9.88 Å². The standard InChI is InChI=1S/C33H39BrN5O3P/c1-22-6-7-28(29(43)16-22)41-20-25-4-3-5-31(37-25)42-26-8-14-39(15-9-26)19-30(40)38-32-23(2)17-24(34)18-27(32)36-21-33(10-11-33)12-13-35/h3-7,16-18,26,36H,8-12,14-15,19-21,43H2,1-2H3,(H,38,40). The highest BCUT2D eigenvalue weighted by Crippen LogP contribution is 2.49. The van der Waals surface area contributed by atoms with E-state index in [2.05, 4.69) is 64.7 Å². The molecule has 1 saturated heterocycles. The number of anilines is 2. The molecular formula is C33H39BrN5O3P. The Morgan fingerprint density at radius 1 is 1.19 bits per heavy atom. The Morgan fingerprint density at radius 3 is 2.70 bits per heavy atom. The number of hydrogen-bond donors (Lipinski definition) is 2. The molecule has 0 spiro atoms. The van der Waals surface area contributed by atoms with Crippen molar-refractivity contribution in [2.24, 2.45) is 5.41 Å². The number of pyridine rings is 1. The van der Waals surface area contributed by atoms with Crippen LogP contribution in [-0.4, -0.2) is 48.1 Å². The van der Waals surface area contributed by atoms with Crippen LogP contribution in [0.15, 0.2) is 53.0 Å². The lowest BCUT2D eigenvalue weighted by molar-refractivity contribution is -0.117. The zero-order chi connectivity index (χ0) is 30.4. The summed E-state index contributed by atoms with van der Waals surface area (Å²) >= 11 is 3.58. The number of aromatic nitrogens is 1. The van der Waals surface area contributed by atoms with Crippen LogP contribution in [-0.2, 0) is 11.4 Å². The summed E-state index contributed by atoms with van der Waals surface area (Å²) in [4.78, 5) is 19.9. The molecule has 2 aliphatic rings. The van der Waals surface area contributed by atoms with Crippen molar-refractivity contribution >= 4 is 47.8 Å². The molecule has 1 saturated carbocycles. The summed E-state index contributed by atoms with van der Waals surface area (Å²) in [6.45, 7) is 7.00. The molecule has 2 heterocycles. The van der Waals surface area contributed by atoms with E-state index < -0.39 is 0 Å². The Kier molecular flexibility index (Phi) is 10.2. The molecule has 1 aliphatic carbocycles. The van der Waals surface area contributed by atoms with Crippen molar-refractivity contribution in [3.63, 3.8) is 0 Å². The first kappa shape index (κ1) is 31.3. The van der Waals surface area contributed by atoms with Crippen molar-refractivity contribution < 1.29 is 14.3 Å². The normalized spacial score (nSPS) is 16.3. The third kappa shape index (κ3) is 8.69. The molecule has 3 aromatic rings. The Bertz CT molecular complexity index is 1500. The number of nitriles is 1. The van der Waals surface area contributed by atoms with Gasteiger partial charge in [-0.05, 0) is 75.4 Å². The second kappa shape index (κ2) is 14.1. The van der Waals surface area contributed by atoms with Crippen LogP contribution in [0.3, 0.4) is 0 Å². The third-order valence-electron chi connectivity index (χ3n) is 8.14. The number of amides is 1. The minimum atomic E-state index is -0.0393. The number of benzene rings is 2. The van der Waals surface area contributed by atoms with Crippen LogP contribution in [0.25, 0.3) is 0 Å². The Labute approximate surface area is 264 Å². The van der Waals surface area contributed by atoms with Gasteiger partial charge in [0, 0.05) is 47.3 Å². The molecule has 0 radical (unpaired) electrons. The number of carbonyl (C=O) groups is 1. The van der Waals surface area contributed by atoms with E-state index in [1.165, 1.54) is 5.56 Å². The Morgan fingerprint density at radius 2 is 1.98 bits per heavy atom. The fourth-order valence-electron chi connectivity index (χ4n) is 5.38. The lowest BCUT2D eigenvalue weighted by Crippen LogP contribution is -2.42. The zero-order valence-corrected chi connectivity index (χ0v) is 27.5. The van der Waals surface area contributed by atoms with Crippen molar-refractivity contribution in [3.05, 3.63) is 69.8 Å². The molecule has 0 bridgehead atoms. The van der Waals surface area contributed by atoms with Crippen LogP contribution in [0.5, 0.6) is 11.6 Å². The van der Waals surface area contributed by atoms with Gasteiger partial charge in [0.25, 0.3) is 0 Å². The van der Waals surface area contributed by atoms with Crippen LogP contribution < -0.4 is 25.4 Å². The molecule has 8 nitrogen and oxygen atoms in total. The summed E-state index contributed by atoms with van der Waals surface area (Å²) < 4.78 is 13.2. The topological polar surface area (TPSA) is 99.5 Å². The first-order valence-electron chi connectivity index (χ1n) is 14.8. The van der Waals surface area contributed by atoms with Gasteiger partial charge in [-0.1, -0.05) is 33.6 Å². The number of rotatable bonds is 12. The second-order valence-electron chi connectivity index (χ2n) is 11.8. The van der Waals surface area contributed by atoms with E-state index in [1.54, 1.807) is 0 Å². The fraction of sp³-hybridized carbons (Fsp3) is 0.424. The van der Waals surface area contributed by atoms with Crippen molar-refractivity contribution in [2.75, 3.05) is 36.8 Å². The molecule has 226 valence electrons. The van der Waals surface area contributed by atoms with Gasteiger partial charge < -0.3 is 20.1 Å². The van der Waals surface area contributed by atoms with Crippen molar-refractivity contribution in [3.8, 4) is 17.7 Å². The van der Waals surface area contributed by atoms with Crippen molar-refractivity contribution in [1.29, 1.82) is 5.26 Å². The fourth-order valence-corrected chi connectivity index (χ4v) is 6.40. The van der Waals surface area contributed by atoms with Crippen molar-refractivity contribution in [2.45, 2.75) is 58.7 Å². The molecular weight excluding hydrogens is 625 g/mol. The van der Waals surface area contributed by atoms with Crippen LogP contribution >= 0.6 is 25.2 Å². The van der Waals surface area contributed by atoms with Crippen LogP contribution in [0.2, 0.25) is 0 Å². The Balaban J connectivity index is 1.09. The first-order valence-corrected chi connectivity index (χ1v) is 16.1. The van der Waals surface area contributed by atoms with Gasteiger partial charge in [0.05, 0.1) is 29.7 Å². The van der Waals surface area contributed by atoms with E-state index in [0.717, 1.165) is 83.5 Å². The average Bonchev–Trinajstić information content (AvgIpc) is 3.74. The maximum Gasteiger partial charge on any atom is 0.238 e. The van der Waals surface area contributed by atoms with Crippen LogP contribution in [0.4, 0.5) is 11.4 Å². The van der Waals surface area contributed by atoms with E-state index >= 15 is 0 Å². The minimum absolute atomic E-state index is 0.0393. The number of likely N-dealkylation sites (tertiary alicyclic amines) is 1. The number of piperidine rings is 1. The lowest BCUT2D eigenvalue weighted by atomic mass is 10.0. The first-order chi connectivity index (χ1) is 20.7. The largest absolute Gasteiger partial charge is 0.487 e. The molecule has 5 rings (SSSR count). The molecule has 2 fully saturated rings. The molecule has 10 heteroatoms. The molecule has 1 aliphatic heterocycles. The average molecular weight is 665 g/mol. The SMILES string of the molecule is Cc1ccc(OCc2cccc(OC3CCN(CC(=O)Nc4c(C)cc(Br)cc4NCC4(CC#N)CC4)CC3)n2)c(P)c1. The number of hydrogen-bond acceptors (Lipinski definition) is 7. The predicted molar refractivity (Wildman–Crippen MR) is 177 cm³/mol. The van der Waals surface area contributed by atoms with Gasteiger partial charge in [0.1, 0.15) is 18.5 Å². The number of halogens is 1. The number of carbonyl (C=O) groups excluding carboxylic acids is 1. The predicted octanol–water partition coefficient (Wildman–Crippen LogP) is 6.13. The lowest BCUT2D eigenvalue weighted by Gasteiger charge is -2.31. The molecule has 2 aromatic carbocycles. The number of nitrogens with zero attached hydrogens (tertiary/aromatic N) is 3. The summed E-state index contributed by atoms with van der Waals surface area (Å²) in [5, 5.41) is 16.8. The molecule has 2 N–H and O–H groups in total. The van der Waals surface area contributed by atoms with E-state index in [4.69, 9.17) is 14.7 Å².